The molecule has 124 valence electrons. The number of rotatable bonds is 9. The van der Waals surface area contributed by atoms with Gasteiger partial charge in [0, 0.05) is 24.7 Å². The van der Waals surface area contributed by atoms with Crippen molar-refractivity contribution in [2.24, 2.45) is 11.8 Å². The Morgan fingerprint density at radius 3 is 2.77 bits per heavy atom. The Hall–Kier alpha value is -1.46. The maximum Gasteiger partial charge on any atom is 0.303 e. The maximum absolute atomic E-state index is 12.0. The van der Waals surface area contributed by atoms with Crippen LogP contribution in [0.5, 0.6) is 0 Å². The lowest BCUT2D eigenvalue weighted by atomic mass is 9.90. The smallest absolute Gasteiger partial charge is 0.303 e. The Morgan fingerprint density at radius 2 is 2.14 bits per heavy atom. The SMILES string of the molecule is CC[C@H](O)/C=C/[C@H]1[C@H](O)CC(=O)[C@@H]1C/C=C\CCCC(=O)O. The monoisotopic (exact) mass is 310 g/mol. The first-order valence-corrected chi connectivity index (χ1v) is 7.89. The van der Waals surface area contributed by atoms with E-state index in [9.17, 15) is 19.8 Å². The molecule has 0 spiro atoms. The summed E-state index contributed by atoms with van der Waals surface area (Å²) < 4.78 is 0. The molecule has 0 heterocycles. The molecule has 0 radical (unpaired) electrons. The molecule has 0 aromatic rings. The van der Waals surface area contributed by atoms with Gasteiger partial charge in [0.05, 0.1) is 12.2 Å². The van der Waals surface area contributed by atoms with Crippen molar-refractivity contribution in [1.29, 1.82) is 0 Å². The molecule has 5 nitrogen and oxygen atoms in total. The minimum atomic E-state index is -0.804. The Bertz CT molecular complexity index is 427. The van der Waals surface area contributed by atoms with Gasteiger partial charge in [-0.15, -0.1) is 0 Å². The molecule has 0 saturated heterocycles. The van der Waals surface area contributed by atoms with Gasteiger partial charge in [0.2, 0.25) is 0 Å². The van der Waals surface area contributed by atoms with Crippen LogP contribution in [0.3, 0.4) is 0 Å². The Morgan fingerprint density at radius 1 is 1.41 bits per heavy atom. The minimum Gasteiger partial charge on any atom is -0.481 e. The predicted molar refractivity (Wildman–Crippen MR) is 83.3 cm³/mol. The zero-order valence-electron chi connectivity index (χ0n) is 13.0. The number of carbonyl (C=O) groups excluding carboxylic acids is 1. The van der Waals surface area contributed by atoms with Crippen molar-refractivity contribution in [3.8, 4) is 0 Å². The predicted octanol–water partition coefficient (Wildman–Crippen LogP) is 2.08. The van der Waals surface area contributed by atoms with Gasteiger partial charge in [-0.25, -0.2) is 0 Å². The summed E-state index contributed by atoms with van der Waals surface area (Å²) in [5.41, 5.74) is 0. The van der Waals surface area contributed by atoms with Crippen molar-refractivity contribution in [3.63, 3.8) is 0 Å². The first kappa shape index (κ1) is 18.6. The normalized spacial score (nSPS) is 27.0. The average molecular weight is 310 g/mol. The van der Waals surface area contributed by atoms with E-state index in [0.717, 1.165) is 0 Å². The number of aliphatic hydroxyl groups is 2. The molecule has 0 aromatic heterocycles. The van der Waals surface area contributed by atoms with Crippen LogP contribution in [0, 0.1) is 11.8 Å². The number of aliphatic hydroxyl groups excluding tert-OH is 2. The summed E-state index contributed by atoms with van der Waals surface area (Å²) in [6.07, 6.45) is 8.66. The van der Waals surface area contributed by atoms with Crippen LogP contribution < -0.4 is 0 Å². The molecule has 3 N–H and O–H groups in total. The van der Waals surface area contributed by atoms with Gasteiger partial charge in [0.15, 0.2) is 0 Å². The van der Waals surface area contributed by atoms with Crippen LogP contribution >= 0.6 is 0 Å². The van der Waals surface area contributed by atoms with E-state index < -0.39 is 18.2 Å². The van der Waals surface area contributed by atoms with Gasteiger partial charge in [-0.3, -0.25) is 9.59 Å². The quantitative estimate of drug-likeness (QED) is 0.448. The summed E-state index contributed by atoms with van der Waals surface area (Å²) in [5.74, 6) is -1.27. The summed E-state index contributed by atoms with van der Waals surface area (Å²) in [5, 5.41) is 28.1. The summed E-state index contributed by atoms with van der Waals surface area (Å²) in [7, 11) is 0. The number of hydrogen-bond acceptors (Lipinski definition) is 4. The third kappa shape index (κ3) is 6.12. The summed E-state index contributed by atoms with van der Waals surface area (Å²) in [4.78, 5) is 22.3. The molecule has 1 fully saturated rings. The number of aliphatic carboxylic acids is 1. The van der Waals surface area contributed by atoms with E-state index in [1.54, 1.807) is 12.2 Å². The van der Waals surface area contributed by atoms with Gasteiger partial charge in [-0.05, 0) is 25.7 Å². The zero-order valence-corrected chi connectivity index (χ0v) is 13.0. The molecule has 0 bridgehead atoms. The van der Waals surface area contributed by atoms with Crippen molar-refractivity contribution in [2.75, 3.05) is 0 Å². The molecule has 5 heteroatoms. The van der Waals surface area contributed by atoms with Crippen LogP contribution in [0.4, 0.5) is 0 Å². The highest BCUT2D eigenvalue weighted by Gasteiger charge is 2.39. The fraction of sp³-hybridized carbons (Fsp3) is 0.647. The molecule has 1 rings (SSSR count). The van der Waals surface area contributed by atoms with Crippen molar-refractivity contribution < 1.29 is 24.9 Å². The molecule has 4 atom stereocenters. The second-order valence-corrected chi connectivity index (χ2v) is 5.78. The molecular weight excluding hydrogens is 284 g/mol. The molecule has 1 saturated carbocycles. The van der Waals surface area contributed by atoms with E-state index in [0.29, 0.717) is 25.7 Å². The number of carboxylic acids is 1. The first-order valence-electron chi connectivity index (χ1n) is 7.89. The first-order chi connectivity index (χ1) is 10.5. The Kier molecular flexibility index (Phi) is 8.06. The van der Waals surface area contributed by atoms with Crippen LogP contribution in [0.25, 0.3) is 0 Å². The van der Waals surface area contributed by atoms with E-state index in [4.69, 9.17) is 5.11 Å². The van der Waals surface area contributed by atoms with Crippen molar-refractivity contribution in [3.05, 3.63) is 24.3 Å². The average Bonchev–Trinajstić information content (AvgIpc) is 2.73. The fourth-order valence-electron chi connectivity index (χ4n) is 2.65. The van der Waals surface area contributed by atoms with E-state index in [-0.39, 0.29) is 30.5 Å². The van der Waals surface area contributed by atoms with Gasteiger partial charge < -0.3 is 15.3 Å². The number of hydrogen-bond donors (Lipinski definition) is 3. The van der Waals surface area contributed by atoms with E-state index in [2.05, 4.69) is 0 Å². The van der Waals surface area contributed by atoms with Crippen LogP contribution in [0.2, 0.25) is 0 Å². The molecule has 1 aliphatic rings. The number of ketones is 1. The topological polar surface area (TPSA) is 94.8 Å². The van der Waals surface area contributed by atoms with E-state index >= 15 is 0 Å². The molecule has 0 aliphatic heterocycles. The van der Waals surface area contributed by atoms with Crippen molar-refractivity contribution in [1.82, 2.24) is 0 Å². The lowest BCUT2D eigenvalue weighted by Gasteiger charge is -2.16. The summed E-state index contributed by atoms with van der Waals surface area (Å²) in [6.45, 7) is 1.86. The van der Waals surface area contributed by atoms with Crippen molar-refractivity contribution >= 4 is 11.8 Å². The van der Waals surface area contributed by atoms with Gasteiger partial charge in [-0.2, -0.15) is 0 Å². The number of unbranched alkanes of at least 4 members (excludes halogenated alkanes) is 1. The lowest BCUT2D eigenvalue weighted by Crippen LogP contribution is -2.18. The number of carbonyl (C=O) groups is 2. The standard InChI is InChI=1S/C17H26O5/c1-2-12(18)9-10-14-13(15(19)11-16(14)20)7-5-3-4-6-8-17(21)22/h3,5,9-10,12-14,16,18,20H,2,4,6-8,11H2,1H3,(H,21,22)/b5-3-,10-9+/t12-,13+,14+,16+/m0/s1. The largest absolute Gasteiger partial charge is 0.481 e. The maximum atomic E-state index is 12.0. The van der Waals surface area contributed by atoms with Gasteiger partial charge in [0.25, 0.3) is 0 Å². The second kappa shape index (κ2) is 9.54. The number of carboxylic acid groups (broad SMARTS) is 1. The third-order valence-electron chi connectivity index (χ3n) is 4.02. The van der Waals surface area contributed by atoms with Gasteiger partial charge in [0.1, 0.15) is 5.78 Å². The molecule has 0 amide bonds. The van der Waals surface area contributed by atoms with E-state index in [1.807, 2.05) is 19.1 Å². The highest BCUT2D eigenvalue weighted by atomic mass is 16.4. The second-order valence-electron chi connectivity index (χ2n) is 5.78. The zero-order chi connectivity index (χ0) is 16.5. The van der Waals surface area contributed by atoms with Crippen LogP contribution in [0.15, 0.2) is 24.3 Å². The Labute approximate surface area is 131 Å². The highest BCUT2D eigenvalue weighted by molar-refractivity contribution is 5.84. The highest BCUT2D eigenvalue weighted by Crippen LogP contribution is 2.33. The lowest BCUT2D eigenvalue weighted by molar-refractivity contribution is -0.137. The van der Waals surface area contributed by atoms with Crippen LogP contribution in [0.1, 0.15) is 45.4 Å². The number of allylic oxidation sites excluding steroid dienone is 2. The van der Waals surface area contributed by atoms with E-state index in [1.165, 1.54) is 0 Å². The Balaban J connectivity index is 2.50. The molecule has 22 heavy (non-hydrogen) atoms. The third-order valence-corrected chi connectivity index (χ3v) is 4.02. The molecule has 0 aromatic carbocycles. The van der Waals surface area contributed by atoms with Gasteiger partial charge >= 0.3 is 5.97 Å². The van der Waals surface area contributed by atoms with Gasteiger partial charge in [-0.1, -0.05) is 31.2 Å². The number of Topliss-reactive ketones (excluding diaryl/α,β-unsaturated/α-hetero) is 1. The molecule has 0 unspecified atom stereocenters. The van der Waals surface area contributed by atoms with Crippen LogP contribution in [-0.2, 0) is 9.59 Å². The minimum absolute atomic E-state index is 0.0447. The molecule has 1 aliphatic carbocycles. The summed E-state index contributed by atoms with van der Waals surface area (Å²) >= 11 is 0. The fourth-order valence-corrected chi connectivity index (χ4v) is 2.65. The molecular formula is C17H26O5. The summed E-state index contributed by atoms with van der Waals surface area (Å²) in [6, 6.07) is 0. The van der Waals surface area contributed by atoms with Crippen molar-refractivity contribution in [2.45, 2.75) is 57.7 Å². The van der Waals surface area contributed by atoms with Crippen LogP contribution in [-0.4, -0.2) is 39.3 Å².